The molecule has 2 unspecified atom stereocenters. The third-order valence-electron chi connectivity index (χ3n) is 7.42. The Balaban J connectivity index is 1.29. The van der Waals surface area contributed by atoms with Gasteiger partial charge in [-0.1, -0.05) is 6.92 Å². The molecular weight excluding hydrogens is 637 g/mol. The van der Waals surface area contributed by atoms with Crippen molar-refractivity contribution in [3.63, 3.8) is 0 Å². The highest BCUT2D eigenvalue weighted by molar-refractivity contribution is 8.07. The summed E-state index contributed by atoms with van der Waals surface area (Å²) < 4.78 is 46.3. The predicted molar refractivity (Wildman–Crippen MR) is 153 cm³/mol. The predicted octanol–water partition coefficient (Wildman–Crippen LogP) is 1.11. The van der Waals surface area contributed by atoms with E-state index in [1.807, 2.05) is 0 Å². The molecule has 2 saturated heterocycles. The minimum Gasteiger partial charge on any atom is -0.369 e. The number of hydrogen-bond donors (Lipinski definition) is 5. The molecule has 6 rings (SSSR count). The molecule has 0 radical (unpaired) electrons. The van der Waals surface area contributed by atoms with Gasteiger partial charge in [0.25, 0.3) is 5.56 Å². The van der Waals surface area contributed by atoms with Gasteiger partial charge in [0.2, 0.25) is 5.95 Å². The zero-order valence-electron chi connectivity index (χ0n) is 21.8. The number of nitrogens with zero attached hydrogens (tertiary/aromatic N) is 5. The van der Waals surface area contributed by atoms with Gasteiger partial charge >= 0.3 is 13.4 Å². The Bertz CT molecular complexity index is 1620. The maximum atomic E-state index is 15.7. The summed E-state index contributed by atoms with van der Waals surface area (Å²) in [6.45, 7) is -6.76. The Morgan fingerprint density at radius 2 is 1.93 bits per heavy atom. The molecule has 16 nitrogen and oxygen atoms in total. The number of ether oxygens (including phenoxy) is 1. The smallest absolute Gasteiger partial charge is 0.324 e. The number of halogens is 1. The molecule has 3 aliphatic rings. The fourth-order valence-electron chi connectivity index (χ4n) is 5.36. The maximum absolute atomic E-state index is 15.7. The van der Waals surface area contributed by atoms with Crippen LogP contribution in [0.4, 0.5) is 16.2 Å². The standard InChI is InChI=1S/C21H27FN8O8P2S2/c1-9-12-6-35-40(33,42)38-17-10(4-11(14(17)22)27-13-2-3-24-7-25-13)5-34-39(32,41)37-16(9)20(36-12)30-8-26-15-18(30)28-21(23)29-19(15)31/h2-3,7-12,14,16-17,20H,4-6H2,1H3,(H,32,41)(H,33,42)(H,24,25,27)(H3,23,28,29,31)/t9-,10-,11-,12-,14+,16-,17-,20-,39?,40?/m1/s1. The van der Waals surface area contributed by atoms with Gasteiger partial charge < -0.3 is 43.7 Å². The molecule has 5 heterocycles. The van der Waals surface area contributed by atoms with Crippen LogP contribution in [0.25, 0.3) is 11.2 Å². The van der Waals surface area contributed by atoms with Crippen LogP contribution in [-0.4, -0.2) is 83.0 Å². The van der Waals surface area contributed by atoms with E-state index < -0.39 is 67.6 Å². The van der Waals surface area contributed by atoms with Gasteiger partial charge in [0.15, 0.2) is 17.4 Å². The highest BCUT2D eigenvalue weighted by Gasteiger charge is 2.51. The lowest BCUT2D eigenvalue weighted by Gasteiger charge is -2.28. The summed E-state index contributed by atoms with van der Waals surface area (Å²) in [6.07, 6.45) is -1.33. The molecule has 0 aromatic carbocycles. The average Bonchev–Trinajstić information content (AvgIpc) is 3.57. The monoisotopic (exact) mass is 664 g/mol. The number of fused-ring (bicyclic) bond motifs is 4. The van der Waals surface area contributed by atoms with Gasteiger partial charge in [-0.2, -0.15) is 4.98 Å². The van der Waals surface area contributed by atoms with Crippen molar-refractivity contribution in [3.8, 4) is 0 Å². The Labute approximate surface area is 247 Å². The third-order valence-corrected chi connectivity index (χ3v) is 10.5. The second-order valence-corrected chi connectivity index (χ2v) is 15.7. The van der Waals surface area contributed by atoms with Gasteiger partial charge in [0.1, 0.15) is 30.5 Å². The molecule has 42 heavy (non-hydrogen) atoms. The highest BCUT2D eigenvalue weighted by atomic mass is 32.5. The van der Waals surface area contributed by atoms with Crippen molar-refractivity contribution >= 4 is 60.0 Å². The number of nitrogen functional groups attached to an aromatic ring is 1. The van der Waals surface area contributed by atoms with Gasteiger partial charge in [-0.3, -0.25) is 14.3 Å². The van der Waals surface area contributed by atoms with Crippen molar-refractivity contribution in [1.82, 2.24) is 29.5 Å². The first-order valence-electron chi connectivity index (χ1n) is 12.8. The minimum absolute atomic E-state index is 0.00503. The first kappa shape index (κ1) is 30.0. The van der Waals surface area contributed by atoms with E-state index in [0.29, 0.717) is 5.82 Å². The molecule has 3 aromatic heterocycles. The van der Waals surface area contributed by atoms with Gasteiger partial charge in [-0.25, -0.2) is 19.3 Å². The summed E-state index contributed by atoms with van der Waals surface area (Å²) in [6, 6.07) is 0.788. The molecule has 2 aliphatic heterocycles. The largest absolute Gasteiger partial charge is 0.369 e. The van der Waals surface area contributed by atoms with E-state index in [1.165, 1.54) is 23.4 Å². The zero-order chi connectivity index (χ0) is 29.8. The summed E-state index contributed by atoms with van der Waals surface area (Å²) in [4.78, 5) is 53.0. The first-order chi connectivity index (χ1) is 19.9. The summed E-state index contributed by atoms with van der Waals surface area (Å²) >= 11 is 10.6. The van der Waals surface area contributed by atoms with Crippen molar-refractivity contribution in [2.24, 2.45) is 11.8 Å². The Kier molecular flexibility index (Phi) is 8.21. The van der Waals surface area contributed by atoms with E-state index in [1.54, 1.807) is 13.0 Å². The number of nitrogens with two attached hydrogens (primary N) is 1. The zero-order valence-corrected chi connectivity index (χ0v) is 25.2. The Morgan fingerprint density at radius 1 is 1.19 bits per heavy atom. The van der Waals surface area contributed by atoms with Gasteiger partial charge in [-0.15, -0.1) is 0 Å². The van der Waals surface area contributed by atoms with E-state index in [2.05, 4.69) is 30.2 Å². The van der Waals surface area contributed by atoms with Gasteiger partial charge in [-0.05, 0) is 36.1 Å². The van der Waals surface area contributed by atoms with Crippen molar-refractivity contribution < 1.29 is 37.0 Å². The lowest BCUT2D eigenvalue weighted by molar-refractivity contribution is -0.0504. The summed E-state index contributed by atoms with van der Waals surface area (Å²) in [7, 11) is 0. The van der Waals surface area contributed by atoms with Gasteiger partial charge in [0, 0.05) is 18.0 Å². The van der Waals surface area contributed by atoms with E-state index in [4.69, 9.17) is 52.2 Å². The highest BCUT2D eigenvalue weighted by Crippen LogP contribution is 2.55. The third kappa shape index (κ3) is 6.01. The van der Waals surface area contributed by atoms with E-state index >= 15 is 4.39 Å². The van der Waals surface area contributed by atoms with Crippen molar-refractivity contribution in [1.29, 1.82) is 0 Å². The van der Waals surface area contributed by atoms with Crippen LogP contribution in [-0.2, 0) is 46.4 Å². The van der Waals surface area contributed by atoms with Crippen LogP contribution < -0.4 is 16.6 Å². The van der Waals surface area contributed by atoms with Gasteiger partial charge in [0.05, 0.1) is 31.7 Å². The lowest BCUT2D eigenvalue weighted by Crippen LogP contribution is -2.34. The molecule has 3 fully saturated rings. The molecule has 0 amide bonds. The van der Waals surface area contributed by atoms with Crippen LogP contribution in [0.1, 0.15) is 19.6 Å². The number of H-pyrrole nitrogens is 1. The molecule has 1 aliphatic carbocycles. The van der Waals surface area contributed by atoms with E-state index in [-0.39, 0.29) is 36.7 Å². The number of nitrogens with one attached hydrogen (secondary N) is 2. The molecule has 21 heteroatoms. The quantitative estimate of drug-likeness (QED) is 0.248. The van der Waals surface area contributed by atoms with Crippen molar-refractivity contribution in [3.05, 3.63) is 35.3 Å². The van der Waals surface area contributed by atoms with E-state index in [0.717, 1.165) is 0 Å². The summed E-state index contributed by atoms with van der Waals surface area (Å²) in [5.41, 5.74) is 5.30. The second kappa shape index (κ2) is 11.5. The van der Waals surface area contributed by atoms with Crippen LogP contribution in [0, 0.1) is 11.8 Å². The summed E-state index contributed by atoms with van der Waals surface area (Å²) in [5.74, 6) is -0.968. The van der Waals surface area contributed by atoms with E-state index in [9.17, 15) is 14.6 Å². The van der Waals surface area contributed by atoms with Crippen LogP contribution in [0.2, 0.25) is 0 Å². The number of hydrogen-bond acceptors (Lipinski definition) is 14. The summed E-state index contributed by atoms with van der Waals surface area (Å²) in [5, 5.41) is 2.99. The molecule has 10 atom stereocenters. The minimum atomic E-state index is -4.00. The normalized spacial score (nSPS) is 39.2. The fourth-order valence-corrected chi connectivity index (χ4v) is 8.36. The number of imidazole rings is 1. The number of aromatic amines is 1. The van der Waals surface area contributed by atoms with Crippen LogP contribution in [0.3, 0.4) is 0 Å². The maximum Gasteiger partial charge on any atom is 0.324 e. The second-order valence-electron chi connectivity index (χ2n) is 10.2. The molecular formula is C21H27FN8O8P2S2. The molecule has 3 aromatic rings. The Morgan fingerprint density at radius 3 is 2.67 bits per heavy atom. The number of rotatable bonds is 3. The molecule has 228 valence electrons. The SMILES string of the molecule is C[C@H]1[C@H]2OP(O)(=S)OC[C@H]3C[C@@H](Nc4ccncn4)[C@H](F)[C@@H]3OP(O)(=S)OC[C@H]1O[C@H]2n1cnc2c(=O)[nH]c(N)nc21. The lowest BCUT2D eigenvalue weighted by atomic mass is 10.0. The molecule has 6 N–H and O–H groups in total. The number of anilines is 2. The molecule has 2 bridgehead atoms. The topological polar surface area (TPSA) is 214 Å². The number of aromatic nitrogens is 6. The Hall–Kier alpha value is -2.02. The molecule has 0 spiro atoms. The van der Waals surface area contributed by atoms with Crippen molar-refractivity contribution in [2.45, 2.75) is 50.1 Å². The van der Waals surface area contributed by atoms with Crippen molar-refractivity contribution in [2.75, 3.05) is 24.3 Å². The van der Waals surface area contributed by atoms with Crippen LogP contribution in [0.5, 0.6) is 0 Å². The first-order valence-corrected chi connectivity index (χ1v) is 17.9. The number of alkyl halides is 1. The van der Waals surface area contributed by atoms with Crippen LogP contribution in [0.15, 0.2) is 29.7 Å². The fraction of sp³-hybridized carbons (Fsp3) is 0.571. The molecule has 1 saturated carbocycles. The average molecular weight is 665 g/mol. The van der Waals surface area contributed by atoms with Crippen LogP contribution >= 0.6 is 13.4 Å².